The molecule has 0 spiro atoms. The third-order valence-electron chi connectivity index (χ3n) is 2.98. The average molecular weight is 242 g/mol. The molecular formula is C13H16F2O2. The summed E-state index contributed by atoms with van der Waals surface area (Å²) in [5.41, 5.74) is -1.27. The molecule has 4 heteroatoms. The molecule has 0 aliphatic carbocycles. The van der Waals surface area contributed by atoms with E-state index in [1.54, 1.807) is 20.8 Å². The van der Waals surface area contributed by atoms with Gasteiger partial charge in [0.15, 0.2) is 5.78 Å². The molecule has 0 aliphatic rings. The summed E-state index contributed by atoms with van der Waals surface area (Å²) in [4.78, 5) is 12.0. The van der Waals surface area contributed by atoms with Gasteiger partial charge in [0.25, 0.3) is 0 Å². The molecule has 0 atom stereocenters. The Morgan fingerprint density at radius 1 is 1.29 bits per heavy atom. The van der Waals surface area contributed by atoms with E-state index in [1.165, 1.54) is 7.11 Å². The van der Waals surface area contributed by atoms with Crippen LogP contribution in [0, 0.1) is 17.0 Å². The number of rotatable bonds is 4. The van der Waals surface area contributed by atoms with Crippen molar-refractivity contribution in [3.05, 3.63) is 29.3 Å². The number of halogens is 2. The lowest BCUT2D eigenvalue weighted by atomic mass is 9.81. The molecular weight excluding hydrogens is 226 g/mol. The van der Waals surface area contributed by atoms with E-state index in [0.29, 0.717) is 6.42 Å². The Morgan fingerprint density at radius 3 is 2.12 bits per heavy atom. The summed E-state index contributed by atoms with van der Waals surface area (Å²) in [6, 6.07) is 2.03. The number of benzene rings is 1. The zero-order valence-electron chi connectivity index (χ0n) is 10.4. The van der Waals surface area contributed by atoms with Gasteiger partial charge in [-0.1, -0.05) is 20.8 Å². The summed E-state index contributed by atoms with van der Waals surface area (Å²) in [6.45, 7) is 5.13. The van der Waals surface area contributed by atoms with Crippen LogP contribution in [0.2, 0.25) is 0 Å². The number of carbonyl (C=O) groups excluding carboxylic acids is 1. The van der Waals surface area contributed by atoms with Gasteiger partial charge in [-0.2, -0.15) is 0 Å². The molecule has 0 radical (unpaired) electrons. The van der Waals surface area contributed by atoms with Crippen LogP contribution in [0.5, 0.6) is 5.75 Å². The summed E-state index contributed by atoms with van der Waals surface area (Å²) in [7, 11) is 1.31. The highest BCUT2D eigenvalue weighted by Gasteiger charge is 2.31. The molecule has 1 aromatic rings. The summed E-state index contributed by atoms with van der Waals surface area (Å²) in [5.74, 6) is -2.23. The van der Waals surface area contributed by atoms with E-state index in [9.17, 15) is 13.6 Å². The fourth-order valence-corrected chi connectivity index (χ4v) is 1.38. The van der Waals surface area contributed by atoms with Crippen LogP contribution >= 0.6 is 0 Å². The predicted octanol–water partition coefficient (Wildman–Crippen LogP) is 3.59. The zero-order valence-corrected chi connectivity index (χ0v) is 10.4. The topological polar surface area (TPSA) is 26.3 Å². The maximum Gasteiger partial charge on any atom is 0.174 e. The minimum absolute atomic E-state index is 0.0610. The van der Waals surface area contributed by atoms with Crippen LogP contribution in [0.1, 0.15) is 37.6 Å². The molecule has 17 heavy (non-hydrogen) atoms. The van der Waals surface area contributed by atoms with Gasteiger partial charge >= 0.3 is 0 Å². The van der Waals surface area contributed by atoms with E-state index in [1.807, 2.05) is 0 Å². The number of methoxy groups -OCH3 is 1. The molecule has 1 aromatic carbocycles. The van der Waals surface area contributed by atoms with E-state index in [0.717, 1.165) is 12.1 Å². The van der Waals surface area contributed by atoms with E-state index in [4.69, 9.17) is 4.74 Å². The third-order valence-corrected chi connectivity index (χ3v) is 2.98. The van der Waals surface area contributed by atoms with Crippen molar-refractivity contribution in [3.63, 3.8) is 0 Å². The first-order valence-corrected chi connectivity index (χ1v) is 5.41. The molecule has 1 rings (SSSR count). The van der Waals surface area contributed by atoms with Crippen molar-refractivity contribution >= 4 is 5.78 Å². The van der Waals surface area contributed by atoms with Crippen molar-refractivity contribution in [2.75, 3.05) is 7.11 Å². The molecule has 0 N–H and O–H groups in total. The van der Waals surface area contributed by atoms with Gasteiger partial charge in [-0.15, -0.1) is 0 Å². The smallest absolute Gasteiger partial charge is 0.174 e. The molecule has 0 bridgehead atoms. The number of carbonyl (C=O) groups is 1. The Morgan fingerprint density at radius 2 is 1.76 bits per heavy atom. The molecule has 0 unspecified atom stereocenters. The summed E-state index contributed by atoms with van der Waals surface area (Å²) < 4.78 is 32.1. The van der Waals surface area contributed by atoms with Crippen molar-refractivity contribution < 1.29 is 18.3 Å². The number of ether oxygens (including phenoxy) is 1. The molecule has 0 fully saturated rings. The van der Waals surface area contributed by atoms with Crippen LogP contribution in [-0.4, -0.2) is 12.9 Å². The van der Waals surface area contributed by atoms with E-state index in [2.05, 4.69) is 0 Å². The van der Waals surface area contributed by atoms with Crippen LogP contribution < -0.4 is 4.74 Å². The summed E-state index contributed by atoms with van der Waals surface area (Å²) >= 11 is 0. The van der Waals surface area contributed by atoms with E-state index >= 15 is 0 Å². The van der Waals surface area contributed by atoms with E-state index < -0.39 is 28.4 Å². The largest absolute Gasteiger partial charge is 0.497 e. The maximum atomic E-state index is 13.7. The molecule has 94 valence electrons. The van der Waals surface area contributed by atoms with Gasteiger partial charge in [-0.05, 0) is 6.42 Å². The predicted molar refractivity (Wildman–Crippen MR) is 61.3 cm³/mol. The lowest BCUT2D eigenvalue weighted by Crippen LogP contribution is -2.25. The highest BCUT2D eigenvalue weighted by Crippen LogP contribution is 2.30. The molecule has 2 nitrogen and oxygen atoms in total. The normalized spacial score (nSPS) is 11.4. The van der Waals surface area contributed by atoms with Crippen LogP contribution in [-0.2, 0) is 0 Å². The molecule has 0 heterocycles. The second kappa shape index (κ2) is 4.82. The number of Topliss-reactive ketones (excluding diaryl/α,β-unsaturated/α-hetero) is 1. The first-order valence-electron chi connectivity index (χ1n) is 5.41. The summed E-state index contributed by atoms with van der Waals surface area (Å²) in [6.07, 6.45) is 0.511. The van der Waals surface area contributed by atoms with Crippen molar-refractivity contribution in [1.29, 1.82) is 0 Å². The zero-order chi connectivity index (χ0) is 13.2. The SMILES string of the molecule is CCC(C)(C)C(=O)c1c(F)cc(OC)cc1F. The average Bonchev–Trinajstić information content (AvgIpc) is 2.27. The second-order valence-corrected chi connectivity index (χ2v) is 4.53. The number of hydrogen-bond donors (Lipinski definition) is 0. The van der Waals surface area contributed by atoms with Crippen LogP contribution in [0.4, 0.5) is 8.78 Å². The summed E-state index contributed by atoms with van der Waals surface area (Å²) in [5, 5.41) is 0. The standard InChI is InChI=1S/C13H16F2O2/c1-5-13(2,3)12(16)11-9(14)6-8(17-4)7-10(11)15/h6-7H,5H2,1-4H3. The third kappa shape index (κ3) is 2.62. The van der Waals surface area contributed by atoms with Gasteiger partial charge in [-0.3, -0.25) is 4.79 Å². The molecule has 0 saturated heterocycles. The minimum Gasteiger partial charge on any atom is -0.497 e. The van der Waals surface area contributed by atoms with Gasteiger partial charge < -0.3 is 4.74 Å². The first-order chi connectivity index (χ1) is 7.83. The van der Waals surface area contributed by atoms with Crippen LogP contribution in [0.25, 0.3) is 0 Å². The van der Waals surface area contributed by atoms with Gasteiger partial charge in [0.1, 0.15) is 17.4 Å². The Bertz CT molecular complexity index is 416. The molecule has 0 aromatic heterocycles. The monoisotopic (exact) mass is 242 g/mol. The highest BCUT2D eigenvalue weighted by molar-refractivity contribution is 6.00. The van der Waals surface area contributed by atoms with Crippen molar-refractivity contribution in [2.45, 2.75) is 27.2 Å². The lowest BCUT2D eigenvalue weighted by molar-refractivity contribution is 0.0823. The van der Waals surface area contributed by atoms with Gasteiger partial charge in [0.05, 0.1) is 12.7 Å². The highest BCUT2D eigenvalue weighted by atomic mass is 19.1. The first kappa shape index (κ1) is 13.6. The molecule has 0 aliphatic heterocycles. The fourth-order valence-electron chi connectivity index (χ4n) is 1.38. The van der Waals surface area contributed by atoms with Gasteiger partial charge in [0, 0.05) is 17.5 Å². The second-order valence-electron chi connectivity index (χ2n) is 4.53. The Labute approximate surface area is 99.6 Å². The van der Waals surface area contributed by atoms with Crippen molar-refractivity contribution in [3.8, 4) is 5.75 Å². The number of hydrogen-bond acceptors (Lipinski definition) is 2. The van der Waals surface area contributed by atoms with Crippen LogP contribution in [0.3, 0.4) is 0 Å². The van der Waals surface area contributed by atoms with Crippen molar-refractivity contribution in [2.24, 2.45) is 5.41 Å². The molecule has 0 amide bonds. The maximum absolute atomic E-state index is 13.7. The molecule has 0 saturated carbocycles. The Kier molecular flexibility index (Phi) is 3.86. The van der Waals surface area contributed by atoms with Crippen LogP contribution in [0.15, 0.2) is 12.1 Å². The lowest BCUT2D eigenvalue weighted by Gasteiger charge is -2.21. The van der Waals surface area contributed by atoms with Crippen molar-refractivity contribution in [1.82, 2.24) is 0 Å². The minimum atomic E-state index is -0.881. The van der Waals surface area contributed by atoms with E-state index in [-0.39, 0.29) is 5.75 Å². The van der Waals surface area contributed by atoms with Gasteiger partial charge in [-0.25, -0.2) is 8.78 Å². The van der Waals surface area contributed by atoms with Gasteiger partial charge in [0.2, 0.25) is 0 Å². The quantitative estimate of drug-likeness (QED) is 0.754. The number of ketones is 1. The Hall–Kier alpha value is -1.45. The fraction of sp³-hybridized carbons (Fsp3) is 0.462. The Balaban J connectivity index is 3.28.